The van der Waals surface area contributed by atoms with Crippen LogP contribution in [0, 0.1) is 0 Å². The second-order valence-corrected chi connectivity index (χ2v) is 13.0. The van der Waals surface area contributed by atoms with Crippen LogP contribution < -0.4 is 4.90 Å². The Hall–Kier alpha value is -5.86. The molecule has 9 rings (SSSR count). The van der Waals surface area contributed by atoms with E-state index in [1.54, 1.807) is 0 Å². The molecule has 0 aliphatic heterocycles. The minimum Gasteiger partial charge on any atom is -0.456 e. The van der Waals surface area contributed by atoms with Crippen LogP contribution in [0.3, 0.4) is 0 Å². The zero-order valence-electron chi connectivity index (χ0n) is 26.4. The zero-order valence-corrected chi connectivity index (χ0v) is 26.4. The van der Waals surface area contributed by atoms with Gasteiger partial charge in [-0.25, -0.2) is 0 Å². The quantitative estimate of drug-likeness (QED) is 0.195. The number of anilines is 3. The summed E-state index contributed by atoms with van der Waals surface area (Å²) in [5, 5.41) is 2.30. The lowest BCUT2D eigenvalue weighted by Gasteiger charge is -2.26. The molecule has 1 aromatic heterocycles. The molecule has 224 valence electrons. The Morgan fingerprint density at radius 3 is 1.89 bits per heavy atom. The van der Waals surface area contributed by atoms with E-state index in [9.17, 15) is 0 Å². The van der Waals surface area contributed by atoms with Crippen LogP contribution in [0.25, 0.3) is 55.3 Å². The second kappa shape index (κ2) is 10.6. The van der Waals surface area contributed by atoms with Gasteiger partial charge in [0.1, 0.15) is 11.2 Å². The maximum atomic E-state index is 6.18. The molecule has 0 N–H and O–H groups in total. The number of hydrogen-bond donors (Lipinski definition) is 0. The SMILES string of the molecule is CC1(C)c2ccccc2-c2cc(-c3cccc(N(c4ccccc4)c4ccc(-c5ccc6c(c5)oc5ccccc56)cc4)c3)ccc21. The van der Waals surface area contributed by atoms with Crippen LogP contribution in [0.1, 0.15) is 25.0 Å². The molecule has 1 heterocycles. The number of fused-ring (bicyclic) bond motifs is 6. The van der Waals surface area contributed by atoms with Crippen molar-refractivity contribution in [3.63, 3.8) is 0 Å². The lowest BCUT2D eigenvalue weighted by Crippen LogP contribution is -2.14. The minimum absolute atomic E-state index is 0.000389. The van der Waals surface area contributed by atoms with Crippen LogP contribution in [-0.2, 0) is 5.41 Å². The molecule has 1 aliphatic rings. The van der Waals surface area contributed by atoms with Crippen LogP contribution in [0.15, 0.2) is 168 Å². The Labute approximate surface area is 275 Å². The summed E-state index contributed by atoms with van der Waals surface area (Å²) in [5.74, 6) is 0. The maximum absolute atomic E-state index is 6.18. The normalized spacial score (nSPS) is 13.1. The van der Waals surface area contributed by atoms with E-state index in [1.807, 2.05) is 12.1 Å². The van der Waals surface area contributed by atoms with Gasteiger partial charge >= 0.3 is 0 Å². The standard InChI is InChI=1S/C45H33NO/c1-45(2)41-17-8-6-15-37(41)40-28-32(22-26-42(40)45)31-11-10-14-36(27-31)46(34-12-4-3-5-13-34)35-23-19-30(20-24-35)33-21-25-39-38-16-7-9-18-43(38)47-44(39)29-33/h3-29H,1-2H3. The van der Waals surface area contributed by atoms with E-state index in [2.05, 4.69) is 170 Å². The summed E-state index contributed by atoms with van der Waals surface area (Å²) < 4.78 is 6.18. The number of hydrogen-bond acceptors (Lipinski definition) is 2. The lowest BCUT2D eigenvalue weighted by atomic mass is 9.82. The van der Waals surface area contributed by atoms with Crippen molar-refractivity contribution in [2.45, 2.75) is 19.3 Å². The summed E-state index contributed by atoms with van der Waals surface area (Å²) in [5.41, 5.74) is 15.4. The first-order valence-corrected chi connectivity index (χ1v) is 16.3. The summed E-state index contributed by atoms with van der Waals surface area (Å²) in [6.07, 6.45) is 0. The Morgan fingerprint density at radius 2 is 1.02 bits per heavy atom. The highest BCUT2D eigenvalue weighted by Crippen LogP contribution is 2.49. The van der Waals surface area contributed by atoms with Gasteiger partial charge in [0.25, 0.3) is 0 Å². The highest BCUT2D eigenvalue weighted by atomic mass is 16.3. The fourth-order valence-electron chi connectivity index (χ4n) is 7.46. The molecule has 2 heteroatoms. The average Bonchev–Trinajstić information content (AvgIpc) is 3.61. The molecule has 0 amide bonds. The first kappa shape index (κ1) is 27.5. The predicted molar refractivity (Wildman–Crippen MR) is 197 cm³/mol. The van der Waals surface area contributed by atoms with Crippen LogP contribution in [0.2, 0.25) is 0 Å². The Kier molecular flexibility index (Phi) is 6.20. The van der Waals surface area contributed by atoms with Crippen LogP contribution in [0.5, 0.6) is 0 Å². The molecule has 7 aromatic carbocycles. The fraction of sp³-hybridized carbons (Fsp3) is 0.0667. The average molecular weight is 604 g/mol. The van der Waals surface area contributed by atoms with Gasteiger partial charge in [-0.05, 0) is 105 Å². The topological polar surface area (TPSA) is 16.4 Å². The Morgan fingerprint density at radius 1 is 0.404 bits per heavy atom. The third kappa shape index (κ3) is 4.48. The third-order valence-corrected chi connectivity index (χ3v) is 9.87. The van der Waals surface area contributed by atoms with E-state index in [-0.39, 0.29) is 5.41 Å². The van der Waals surface area contributed by atoms with Crippen molar-refractivity contribution in [3.05, 3.63) is 175 Å². The summed E-state index contributed by atoms with van der Waals surface area (Å²) in [6.45, 7) is 4.66. The van der Waals surface area contributed by atoms with E-state index in [1.165, 1.54) is 33.4 Å². The van der Waals surface area contributed by atoms with E-state index >= 15 is 0 Å². The van der Waals surface area contributed by atoms with Crippen LogP contribution >= 0.6 is 0 Å². The van der Waals surface area contributed by atoms with Crippen molar-refractivity contribution in [2.24, 2.45) is 0 Å². The van der Waals surface area contributed by atoms with E-state index in [4.69, 9.17) is 4.42 Å². The second-order valence-electron chi connectivity index (χ2n) is 13.0. The summed E-state index contributed by atoms with van der Waals surface area (Å²) in [6, 6.07) is 58.9. The first-order chi connectivity index (χ1) is 23.0. The largest absolute Gasteiger partial charge is 0.456 e. The van der Waals surface area contributed by atoms with Crippen molar-refractivity contribution >= 4 is 39.0 Å². The van der Waals surface area contributed by atoms with Crippen molar-refractivity contribution in [1.29, 1.82) is 0 Å². The summed E-state index contributed by atoms with van der Waals surface area (Å²) in [7, 11) is 0. The van der Waals surface area contributed by atoms with Crippen molar-refractivity contribution in [3.8, 4) is 33.4 Å². The molecular formula is C45H33NO. The van der Waals surface area contributed by atoms with E-state index < -0.39 is 0 Å². The predicted octanol–water partition coefficient (Wildman–Crippen LogP) is 12.7. The fourth-order valence-corrected chi connectivity index (χ4v) is 7.46. The number of benzene rings is 7. The molecule has 0 fully saturated rings. The van der Waals surface area contributed by atoms with Gasteiger partial charge in [-0.3, -0.25) is 0 Å². The zero-order chi connectivity index (χ0) is 31.5. The molecule has 0 saturated heterocycles. The smallest absolute Gasteiger partial charge is 0.136 e. The van der Waals surface area contributed by atoms with Gasteiger partial charge in [0.15, 0.2) is 0 Å². The first-order valence-electron chi connectivity index (χ1n) is 16.3. The molecule has 1 aliphatic carbocycles. The molecule has 0 spiro atoms. The molecule has 0 bridgehead atoms. The molecular weight excluding hydrogens is 571 g/mol. The molecule has 47 heavy (non-hydrogen) atoms. The van der Waals surface area contributed by atoms with Gasteiger partial charge in [-0.15, -0.1) is 0 Å². The number of furan rings is 1. The number of nitrogens with zero attached hydrogens (tertiary/aromatic N) is 1. The van der Waals surface area contributed by atoms with Gasteiger partial charge in [-0.2, -0.15) is 0 Å². The number of para-hydroxylation sites is 2. The minimum atomic E-state index is 0.000389. The van der Waals surface area contributed by atoms with Gasteiger partial charge in [0, 0.05) is 33.2 Å². The van der Waals surface area contributed by atoms with Crippen molar-refractivity contribution < 1.29 is 4.42 Å². The van der Waals surface area contributed by atoms with Gasteiger partial charge < -0.3 is 9.32 Å². The highest BCUT2D eigenvalue weighted by molar-refractivity contribution is 6.05. The maximum Gasteiger partial charge on any atom is 0.136 e. The van der Waals surface area contributed by atoms with Gasteiger partial charge in [0.05, 0.1) is 0 Å². The molecule has 8 aromatic rings. The number of rotatable bonds is 5. The van der Waals surface area contributed by atoms with Crippen LogP contribution in [0.4, 0.5) is 17.1 Å². The molecule has 0 atom stereocenters. The van der Waals surface area contributed by atoms with E-state index in [0.29, 0.717) is 0 Å². The third-order valence-electron chi connectivity index (χ3n) is 9.87. The lowest BCUT2D eigenvalue weighted by molar-refractivity contribution is 0.660. The monoisotopic (exact) mass is 603 g/mol. The molecule has 0 saturated carbocycles. The van der Waals surface area contributed by atoms with Crippen molar-refractivity contribution in [1.82, 2.24) is 0 Å². The molecule has 0 unspecified atom stereocenters. The summed E-state index contributed by atoms with van der Waals surface area (Å²) in [4.78, 5) is 2.33. The van der Waals surface area contributed by atoms with E-state index in [0.717, 1.165) is 50.1 Å². The Bertz CT molecular complexity index is 2430. The van der Waals surface area contributed by atoms with Gasteiger partial charge in [0.2, 0.25) is 0 Å². The Balaban J connectivity index is 1.09. The summed E-state index contributed by atoms with van der Waals surface area (Å²) >= 11 is 0. The highest BCUT2D eigenvalue weighted by Gasteiger charge is 2.35. The van der Waals surface area contributed by atoms with Gasteiger partial charge in [-0.1, -0.05) is 117 Å². The molecule has 0 radical (unpaired) electrons. The molecule has 2 nitrogen and oxygen atoms in total. The van der Waals surface area contributed by atoms with Crippen molar-refractivity contribution in [2.75, 3.05) is 4.90 Å². The van der Waals surface area contributed by atoms with Crippen LogP contribution in [-0.4, -0.2) is 0 Å².